The van der Waals surface area contributed by atoms with Crippen LogP contribution in [0.1, 0.15) is 132 Å². The van der Waals surface area contributed by atoms with Crippen molar-refractivity contribution in [3.05, 3.63) is 0 Å². The monoisotopic (exact) mass is 619 g/mol. The third-order valence-corrected chi connectivity index (χ3v) is 11.2. The Morgan fingerprint density at radius 1 is 0.977 bits per heavy atom. The Labute approximate surface area is 267 Å². The Morgan fingerprint density at radius 3 is 2.25 bits per heavy atom. The molecule has 4 rings (SSSR count). The van der Waals surface area contributed by atoms with E-state index in [4.69, 9.17) is 20.9 Å². The molecule has 11 heteroatoms. The Morgan fingerprint density at radius 2 is 1.64 bits per heavy atom. The average molecular weight is 619 g/mol. The molecular formula is C33H63BN6O4. The first-order chi connectivity index (χ1) is 20.8. The second kappa shape index (κ2) is 16.6. The number of hydrogen-bond donors (Lipinski definition) is 5. The van der Waals surface area contributed by atoms with Crippen LogP contribution in [0.5, 0.6) is 0 Å². The quantitative estimate of drug-likeness (QED) is 0.0354. The predicted octanol–water partition coefficient (Wildman–Crippen LogP) is 4.60. The van der Waals surface area contributed by atoms with E-state index >= 15 is 0 Å². The van der Waals surface area contributed by atoms with Crippen LogP contribution in [0, 0.1) is 29.1 Å². The van der Waals surface area contributed by atoms with E-state index in [1.54, 1.807) is 0 Å². The van der Waals surface area contributed by atoms with E-state index < -0.39 is 13.2 Å². The molecule has 0 aromatic carbocycles. The van der Waals surface area contributed by atoms with Gasteiger partial charge in [-0.05, 0) is 68.1 Å². The number of carbonyl (C=O) groups excluding carboxylic acids is 2. The van der Waals surface area contributed by atoms with Crippen LogP contribution < -0.4 is 27.6 Å². The highest BCUT2D eigenvalue weighted by Gasteiger charge is 2.68. The average Bonchev–Trinajstić information content (AvgIpc) is 3.34. The first-order valence-electron chi connectivity index (χ1n) is 17.5. The topological polar surface area (TPSA) is 153 Å². The van der Waals surface area contributed by atoms with Crippen LogP contribution in [0.2, 0.25) is 0 Å². The Balaban J connectivity index is 1.63. The summed E-state index contributed by atoms with van der Waals surface area (Å²) in [5, 5.41) is 6.32. The molecule has 1 heterocycles. The SMILES string of the molecule is CCCCCCCCCCC(=O)N[C@@H](CCCN=C(N)NN)C(=O)N[C@H](B1O[C@@H]2C[C@@H]3C[C@@H](C3(C)C)[C@]2(C)O1)[C@@H](C)C(C)C. The van der Waals surface area contributed by atoms with Crippen molar-refractivity contribution in [1.82, 2.24) is 16.1 Å². The number of guanidine groups is 1. The van der Waals surface area contributed by atoms with Gasteiger partial charge in [0.25, 0.3) is 0 Å². The van der Waals surface area contributed by atoms with E-state index in [0.717, 1.165) is 25.7 Å². The molecular weight excluding hydrogens is 555 g/mol. The normalized spacial score (nSPS) is 27.7. The third-order valence-electron chi connectivity index (χ3n) is 11.2. The van der Waals surface area contributed by atoms with Crippen molar-refractivity contribution >= 4 is 24.9 Å². The Kier molecular flexibility index (Phi) is 13.8. The largest absolute Gasteiger partial charge is 0.481 e. The third kappa shape index (κ3) is 9.12. The number of aliphatic imine (C=N–C) groups is 1. The molecule has 10 nitrogen and oxygen atoms in total. The van der Waals surface area contributed by atoms with Crippen LogP contribution in [0.3, 0.4) is 0 Å². The summed E-state index contributed by atoms with van der Waals surface area (Å²) in [6.07, 6.45) is 12.9. The number of hydrazine groups is 1. The zero-order valence-electron chi connectivity index (χ0n) is 28.8. The van der Waals surface area contributed by atoms with E-state index in [9.17, 15) is 9.59 Å². The molecule has 252 valence electrons. The highest BCUT2D eigenvalue weighted by atomic mass is 16.7. The molecule has 0 spiro atoms. The van der Waals surface area contributed by atoms with Gasteiger partial charge in [0.05, 0.1) is 17.6 Å². The maximum atomic E-state index is 13.9. The van der Waals surface area contributed by atoms with Gasteiger partial charge < -0.3 is 25.7 Å². The number of rotatable bonds is 19. The minimum Gasteiger partial charge on any atom is -0.404 e. The van der Waals surface area contributed by atoms with E-state index in [1.165, 1.54) is 38.5 Å². The van der Waals surface area contributed by atoms with Crippen LogP contribution in [0.4, 0.5) is 0 Å². The van der Waals surface area contributed by atoms with Crippen molar-refractivity contribution < 1.29 is 18.9 Å². The first kappa shape index (κ1) is 36.6. The number of unbranched alkanes of at least 4 members (excludes halogenated alkanes) is 7. The molecule has 1 saturated heterocycles. The zero-order valence-corrected chi connectivity index (χ0v) is 28.8. The highest BCUT2D eigenvalue weighted by molar-refractivity contribution is 6.48. The van der Waals surface area contributed by atoms with Crippen molar-refractivity contribution in [2.24, 2.45) is 45.7 Å². The molecule has 3 aliphatic carbocycles. The lowest BCUT2D eigenvalue weighted by atomic mass is 9.43. The molecule has 4 fully saturated rings. The number of nitrogens with zero attached hydrogens (tertiary/aromatic N) is 1. The number of carbonyl (C=O) groups is 2. The van der Waals surface area contributed by atoms with Crippen LogP contribution in [0.25, 0.3) is 0 Å². The lowest BCUT2D eigenvalue weighted by molar-refractivity contribution is -0.199. The second-order valence-corrected chi connectivity index (χ2v) is 14.9. The predicted molar refractivity (Wildman–Crippen MR) is 178 cm³/mol. The van der Waals surface area contributed by atoms with Gasteiger partial charge in [0, 0.05) is 13.0 Å². The fourth-order valence-corrected chi connectivity index (χ4v) is 7.67. The molecule has 2 amide bonds. The van der Waals surface area contributed by atoms with Gasteiger partial charge in [0.15, 0.2) is 0 Å². The standard InChI is InChI=1S/C33H63BN6O4/c1-8-9-10-11-12-13-14-15-18-28(41)38-25(17-16-19-37-31(35)40-36)30(42)39-29(23(4)22(2)3)34-43-27-21-24-20-26(32(24,5)6)33(27,7)44-34/h22-27,29H,8-21,36H2,1-7H3,(H,38,41)(H,39,42)(H3,35,37,40)/t23-,24-,25-,26-,27+,29-,33-/m0/s1. The molecule has 2 bridgehead atoms. The molecule has 0 unspecified atom stereocenters. The van der Waals surface area contributed by atoms with E-state index in [0.29, 0.717) is 43.6 Å². The van der Waals surface area contributed by atoms with Gasteiger partial charge >= 0.3 is 7.12 Å². The van der Waals surface area contributed by atoms with Gasteiger partial charge in [-0.25, -0.2) is 5.84 Å². The molecule has 7 N–H and O–H groups in total. The summed E-state index contributed by atoms with van der Waals surface area (Å²) in [7, 11) is -0.532. The van der Waals surface area contributed by atoms with Crippen LogP contribution in [-0.4, -0.2) is 55.1 Å². The number of nitrogens with one attached hydrogen (secondary N) is 3. The zero-order chi connectivity index (χ0) is 32.5. The Hall–Kier alpha value is -1.85. The minimum absolute atomic E-state index is 0.0321. The molecule has 1 aliphatic heterocycles. The van der Waals surface area contributed by atoms with Gasteiger partial charge in [-0.2, -0.15) is 0 Å². The van der Waals surface area contributed by atoms with Crippen molar-refractivity contribution in [1.29, 1.82) is 0 Å². The highest BCUT2D eigenvalue weighted by Crippen LogP contribution is 2.65. The van der Waals surface area contributed by atoms with Crippen molar-refractivity contribution in [3.8, 4) is 0 Å². The number of amides is 2. The summed E-state index contributed by atoms with van der Waals surface area (Å²) in [5.41, 5.74) is 7.87. The first-order valence-corrected chi connectivity index (χ1v) is 17.5. The second-order valence-electron chi connectivity index (χ2n) is 14.9. The molecule has 44 heavy (non-hydrogen) atoms. The lowest BCUT2D eigenvalue weighted by Gasteiger charge is -2.64. The molecule has 3 saturated carbocycles. The van der Waals surface area contributed by atoms with Crippen molar-refractivity contribution in [2.45, 2.75) is 156 Å². The van der Waals surface area contributed by atoms with Crippen LogP contribution >= 0.6 is 0 Å². The minimum atomic E-state index is -0.688. The van der Waals surface area contributed by atoms with E-state index in [-0.39, 0.29) is 46.8 Å². The molecule has 0 aromatic rings. The summed E-state index contributed by atoms with van der Waals surface area (Å²) in [6, 6.07) is -0.688. The number of hydrogen-bond acceptors (Lipinski definition) is 6. The fraction of sp³-hybridized carbons (Fsp3) is 0.909. The van der Waals surface area contributed by atoms with Crippen LogP contribution in [0.15, 0.2) is 4.99 Å². The maximum absolute atomic E-state index is 13.9. The van der Waals surface area contributed by atoms with Gasteiger partial charge in [-0.3, -0.25) is 20.0 Å². The summed E-state index contributed by atoms with van der Waals surface area (Å²) < 4.78 is 13.4. The van der Waals surface area contributed by atoms with Gasteiger partial charge in [-0.1, -0.05) is 86.5 Å². The van der Waals surface area contributed by atoms with E-state index in [1.807, 2.05) is 0 Å². The summed E-state index contributed by atoms with van der Waals surface area (Å²) in [5.74, 6) is 6.30. The maximum Gasteiger partial charge on any atom is 0.481 e. The molecule has 0 radical (unpaired) electrons. The van der Waals surface area contributed by atoms with Gasteiger partial charge in [0.1, 0.15) is 6.04 Å². The molecule has 4 aliphatic rings. The van der Waals surface area contributed by atoms with Crippen molar-refractivity contribution in [3.63, 3.8) is 0 Å². The van der Waals surface area contributed by atoms with Gasteiger partial charge in [0.2, 0.25) is 17.8 Å². The summed E-state index contributed by atoms with van der Waals surface area (Å²) in [6.45, 7) is 16.0. The fourth-order valence-electron chi connectivity index (χ4n) is 7.67. The number of nitrogens with two attached hydrogens (primary N) is 2. The molecule has 0 aromatic heterocycles. The van der Waals surface area contributed by atoms with Gasteiger partial charge in [-0.15, -0.1) is 0 Å². The molecule has 7 atom stereocenters. The summed E-state index contributed by atoms with van der Waals surface area (Å²) in [4.78, 5) is 31.1. The van der Waals surface area contributed by atoms with Crippen molar-refractivity contribution in [2.75, 3.05) is 6.54 Å². The lowest BCUT2D eigenvalue weighted by Crippen LogP contribution is -2.65. The smallest absolute Gasteiger partial charge is 0.404 e. The van der Waals surface area contributed by atoms with E-state index in [2.05, 4.69) is 69.5 Å². The summed E-state index contributed by atoms with van der Waals surface area (Å²) >= 11 is 0. The Bertz CT molecular complexity index is 965. The van der Waals surface area contributed by atoms with Crippen LogP contribution in [-0.2, 0) is 18.9 Å².